The standard InChI is InChI=1S/C18H21ClN2O3S/c1-4-17(18(22)20-15-10-8-13(2)9-11-15)21(25(3,23)24)16-7-5-6-14(19)12-16/h5-12,17H,4H2,1-3H3,(H,20,22)/t17-/m0/s1. The summed E-state index contributed by atoms with van der Waals surface area (Å²) in [7, 11) is -3.68. The normalized spacial score (nSPS) is 12.5. The summed E-state index contributed by atoms with van der Waals surface area (Å²) >= 11 is 5.99. The zero-order valence-electron chi connectivity index (χ0n) is 14.4. The lowest BCUT2D eigenvalue weighted by molar-refractivity contribution is -0.117. The number of rotatable bonds is 6. The van der Waals surface area contributed by atoms with Gasteiger partial charge in [0.1, 0.15) is 6.04 Å². The van der Waals surface area contributed by atoms with Crippen LogP contribution in [0.25, 0.3) is 0 Å². The van der Waals surface area contributed by atoms with Gasteiger partial charge in [0.05, 0.1) is 11.9 Å². The largest absolute Gasteiger partial charge is 0.324 e. The number of halogens is 1. The van der Waals surface area contributed by atoms with Gasteiger partial charge in [-0.15, -0.1) is 0 Å². The molecule has 0 bridgehead atoms. The molecule has 0 radical (unpaired) electrons. The van der Waals surface area contributed by atoms with Crippen molar-refractivity contribution in [3.05, 3.63) is 59.1 Å². The zero-order valence-corrected chi connectivity index (χ0v) is 15.9. The minimum Gasteiger partial charge on any atom is -0.324 e. The number of amides is 1. The fourth-order valence-electron chi connectivity index (χ4n) is 2.54. The van der Waals surface area contributed by atoms with E-state index in [1.165, 1.54) is 6.07 Å². The third-order valence-electron chi connectivity index (χ3n) is 3.71. The molecule has 5 nitrogen and oxygen atoms in total. The molecule has 0 aliphatic heterocycles. The van der Waals surface area contributed by atoms with E-state index in [2.05, 4.69) is 5.32 Å². The Morgan fingerprint density at radius 3 is 2.36 bits per heavy atom. The number of benzene rings is 2. The Balaban J connectivity index is 2.36. The van der Waals surface area contributed by atoms with E-state index in [4.69, 9.17) is 11.6 Å². The van der Waals surface area contributed by atoms with Crippen LogP contribution in [0.3, 0.4) is 0 Å². The first kappa shape index (κ1) is 19.3. The Bertz CT molecular complexity index is 851. The predicted molar refractivity (Wildman–Crippen MR) is 103 cm³/mol. The zero-order chi connectivity index (χ0) is 18.6. The molecule has 1 N–H and O–H groups in total. The Morgan fingerprint density at radius 2 is 1.84 bits per heavy atom. The monoisotopic (exact) mass is 380 g/mol. The van der Waals surface area contributed by atoms with E-state index in [-0.39, 0.29) is 0 Å². The fourth-order valence-corrected chi connectivity index (χ4v) is 3.92. The molecule has 0 fully saturated rings. The number of aryl methyl sites for hydroxylation is 1. The molecule has 0 aromatic heterocycles. The second-order valence-electron chi connectivity index (χ2n) is 5.82. The fraction of sp³-hybridized carbons (Fsp3) is 0.278. The molecule has 7 heteroatoms. The number of hydrogen-bond donors (Lipinski definition) is 1. The van der Waals surface area contributed by atoms with Gasteiger partial charge in [-0.3, -0.25) is 9.10 Å². The van der Waals surface area contributed by atoms with Crippen LogP contribution in [0.4, 0.5) is 11.4 Å². The van der Waals surface area contributed by atoms with E-state index in [0.717, 1.165) is 16.1 Å². The Labute approximate surface area is 153 Å². The van der Waals surface area contributed by atoms with E-state index in [9.17, 15) is 13.2 Å². The van der Waals surface area contributed by atoms with Crippen LogP contribution >= 0.6 is 11.6 Å². The first-order chi connectivity index (χ1) is 11.7. The average Bonchev–Trinajstić information content (AvgIpc) is 2.53. The molecule has 0 aliphatic carbocycles. The van der Waals surface area contributed by atoms with Crippen LogP contribution in [0, 0.1) is 6.92 Å². The molecule has 0 heterocycles. The predicted octanol–water partition coefficient (Wildman–Crippen LogP) is 3.83. The molecule has 0 saturated carbocycles. The highest BCUT2D eigenvalue weighted by molar-refractivity contribution is 7.92. The highest BCUT2D eigenvalue weighted by atomic mass is 35.5. The molecule has 0 aliphatic rings. The van der Waals surface area contributed by atoms with Crippen molar-refractivity contribution in [3.8, 4) is 0 Å². The van der Waals surface area contributed by atoms with Gasteiger partial charge in [-0.05, 0) is 43.7 Å². The van der Waals surface area contributed by atoms with Gasteiger partial charge >= 0.3 is 0 Å². The summed E-state index contributed by atoms with van der Waals surface area (Å²) in [6.45, 7) is 3.72. The smallest absolute Gasteiger partial charge is 0.248 e. The van der Waals surface area contributed by atoms with Crippen LogP contribution in [0.1, 0.15) is 18.9 Å². The van der Waals surface area contributed by atoms with E-state index in [0.29, 0.717) is 22.8 Å². The molecule has 1 atom stereocenters. The summed E-state index contributed by atoms with van der Waals surface area (Å²) in [6.07, 6.45) is 1.40. The van der Waals surface area contributed by atoms with Gasteiger partial charge in [-0.2, -0.15) is 0 Å². The summed E-state index contributed by atoms with van der Waals surface area (Å²) in [5, 5.41) is 3.18. The topological polar surface area (TPSA) is 66.5 Å². The van der Waals surface area contributed by atoms with Gasteiger partial charge in [-0.1, -0.05) is 42.3 Å². The number of sulfonamides is 1. The maximum Gasteiger partial charge on any atom is 0.248 e. The first-order valence-corrected chi connectivity index (χ1v) is 10.1. The summed E-state index contributed by atoms with van der Waals surface area (Å²) in [5.74, 6) is -0.392. The van der Waals surface area contributed by atoms with Crippen LogP contribution < -0.4 is 9.62 Å². The minimum absolute atomic E-state index is 0.317. The van der Waals surface area contributed by atoms with Gasteiger partial charge < -0.3 is 5.32 Å². The maximum atomic E-state index is 12.7. The van der Waals surface area contributed by atoms with E-state index >= 15 is 0 Å². The molecular formula is C18H21ClN2O3S. The Morgan fingerprint density at radius 1 is 1.20 bits per heavy atom. The third kappa shape index (κ3) is 4.96. The first-order valence-electron chi connectivity index (χ1n) is 7.85. The van der Waals surface area contributed by atoms with E-state index in [1.807, 2.05) is 19.1 Å². The van der Waals surface area contributed by atoms with Crippen LogP contribution in [0.2, 0.25) is 5.02 Å². The lowest BCUT2D eigenvalue weighted by Gasteiger charge is -2.30. The van der Waals surface area contributed by atoms with Gasteiger partial charge in [-0.25, -0.2) is 8.42 Å². The third-order valence-corrected chi connectivity index (χ3v) is 5.13. The lowest BCUT2D eigenvalue weighted by atomic mass is 10.1. The lowest BCUT2D eigenvalue weighted by Crippen LogP contribution is -2.47. The number of hydrogen-bond acceptors (Lipinski definition) is 3. The summed E-state index contributed by atoms with van der Waals surface area (Å²) in [4.78, 5) is 12.7. The molecule has 25 heavy (non-hydrogen) atoms. The van der Waals surface area contributed by atoms with Crippen LogP contribution in [0.5, 0.6) is 0 Å². The van der Waals surface area contributed by atoms with Crippen molar-refractivity contribution in [2.45, 2.75) is 26.3 Å². The molecule has 1 amide bonds. The highest BCUT2D eigenvalue weighted by Crippen LogP contribution is 2.26. The van der Waals surface area contributed by atoms with Gasteiger partial charge in [0.2, 0.25) is 15.9 Å². The van der Waals surface area contributed by atoms with Crippen molar-refractivity contribution in [2.75, 3.05) is 15.9 Å². The van der Waals surface area contributed by atoms with Crippen LogP contribution in [-0.4, -0.2) is 26.6 Å². The molecule has 0 saturated heterocycles. The Hall–Kier alpha value is -2.05. The number of nitrogens with one attached hydrogen (secondary N) is 1. The van der Waals surface area contributed by atoms with Crippen LogP contribution in [0.15, 0.2) is 48.5 Å². The maximum absolute atomic E-state index is 12.7. The van der Waals surface area contributed by atoms with Crippen molar-refractivity contribution < 1.29 is 13.2 Å². The molecule has 0 spiro atoms. The molecule has 134 valence electrons. The quantitative estimate of drug-likeness (QED) is 0.828. The Kier molecular flexibility index (Phi) is 6.08. The molecule has 2 rings (SSSR count). The van der Waals surface area contributed by atoms with Crippen molar-refractivity contribution in [1.29, 1.82) is 0 Å². The van der Waals surface area contributed by atoms with Gasteiger partial charge in [0, 0.05) is 10.7 Å². The van der Waals surface area contributed by atoms with Crippen LogP contribution in [-0.2, 0) is 14.8 Å². The highest BCUT2D eigenvalue weighted by Gasteiger charge is 2.31. The summed E-state index contributed by atoms with van der Waals surface area (Å²) in [5.41, 5.74) is 2.05. The van der Waals surface area contributed by atoms with Crippen molar-refractivity contribution in [2.24, 2.45) is 0 Å². The van der Waals surface area contributed by atoms with Crippen molar-refractivity contribution >= 4 is 38.9 Å². The molecule has 2 aromatic rings. The van der Waals surface area contributed by atoms with Gasteiger partial charge in [0.25, 0.3) is 0 Å². The second-order valence-corrected chi connectivity index (χ2v) is 8.11. The summed E-state index contributed by atoms with van der Waals surface area (Å²) in [6, 6.07) is 12.9. The number of carbonyl (C=O) groups excluding carboxylic acids is 1. The minimum atomic E-state index is -3.68. The second kappa shape index (κ2) is 7.89. The van der Waals surface area contributed by atoms with E-state index < -0.39 is 22.0 Å². The summed E-state index contributed by atoms with van der Waals surface area (Å²) < 4.78 is 25.8. The number of nitrogens with zero attached hydrogens (tertiary/aromatic N) is 1. The molecular weight excluding hydrogens is 360 g/mol. The van der Waals surface area contributed by atoms with E-state index in [1.54, 1.807) is 37.3 Å². The average molecular weight is 381 g/mol. The van der Waals surface area contributed by atoms with Crippen molar-refractivity contribution in [1.82, 2.24) is 0 Å². The molecule has 0 unspecified atom stereocenters. The molecule has 2 aromatic carbocycles. The number of anilines is 2. The SMILES string of the molecule is CC[C@@H](C(=O)Nc1ccc(C)cc1)N(c1cccc(Cl)c1)S(C)(=O)=O. The van der Waals surface area contributed by atoms with Gasteiger partial charge in [0.15, 0.2) is 0 Å². The van der Waals surface area contributed by atoms with Crippen molar-refractivity contribution in [3.63, 3.8) is 0 Å². The number of carbonyl (C=O) groups is 1.